The molecule has 0 aliphatic rings. The predicted octanol–water partition coefficient (Wildman–Crippen LogP) is 3.35. The van der Waals surface area contributed by atoms with Crippen molar-refractivity contribution in [2.45, 2.75) is 16.0 Å². The molecule has 0 saturated heterocycles. The van der Waals surface area contributed by atoms with Gasteiger partial charge in [0.15, 0.2) is 6.29 Å². The van der Waals surface area contributed by atoms with E-state index in [-0.39, 0.29) is 11.2 Å². The van der Waals surface area contributed by atoms with Crippen LogP contribution in [-0.4, -0.2) is 14.7 Å². The fraction of sp³-hybridized carbons (Fsp3) is 0.0714. The Balaban J connectivity index is 2.63. The van der Waals surface area contributed by atoms with E-state index in [1.165, 1.54) is 24.3 Å². The third kappa shape index (κ3) is 2.97. The average Bonchev–Trinajstić information content (AvgIpc) is 2.46. The van der Waals surface area contributed by atoms with E-state index >= 15 is 0 Å². The van der Waals surface area contributed by atoms with Crippen LogP contribution in [0.1, 0.15) is 15.9 Å². The molecule has 0 aliphatic heterocycles. The van der Waals surface area contributed by atoms with Gasteiger partial charge in [-0.15, -0.1) is 0 Å². The van der Waals surface area contributed by atoms with Crippen LogP contribution in [0.15, 0.2) is 58.3 Å². The summed E-state index contributed by atoms with van der Waals surface area (Å²) in [4.78, 5) is 10.4. The van der Waals surface area contributed by atoms with Crippen LogP contribution in [0.5, 0.6) is 0 Å². The normalized spacial score (nSPS) is 12.1. The third-order valence-electron chi connectivity index (χ3n) is 2.81. The fourth-order valence-electron chi connectivity index (χ4n) is 1.79. The lowest BCUT2D eigenvalue weighted by Crippen LogP contribution is -2.10. The molecule has 3 nitrogen and oxygen atoms in total. The molecule has 0 amide bonds. The Morgan fingerprint density at radius 2 is 1.57 bits per heavy atom. The van der Waals surface area contributed by atoms with Gasteiger partial charge in [-0.25, -0.2) is 8.42 Å². The van der Waals surface area contributed by atoms with E-state index < -0.39 is 32.0 Å². The molecule has 0 heterocycles. The first-order valence-electron chi connectivity index (χ1n) is 5.73. The molecule has 0 bridgehead atoms. The van der Waals surface area contributed by atoms with E-state index in [0.29, 0.717) is 12.1 Å². The maximum Gasteiger partial charge on any atom is 0.416 e. The van der Waals surface area contributed by atoms with Crippen LogP contribution in [0.3, 0.4) is 0 Å². The van der Waals surface area contributed by atoms with E-state index in [9.17, 15) is 26.4 Å². The summed E-state index contributed by atoms with van der Waals surface area (Å²) < 4.78 is 62.4. The van der Waals surface area contributed by atoms with Gasteiger partial charge in [0.2, 0.25) is 9.84 Å². The van der Waals surface area contributed by atoms with Crippen LogP contribution < -0.4 is 0 Å². The summed E-state index contributed by atoms with van der Waals surface area (Å²) in [7, 11) is -4.04. The summed E-state index contributed by atoms with van der Waals surface area (Å²) in [6.07, 6.45) is -4.54. The van der Waals surface area contributed by atoms with Gasteiger partial charge in [-0.1, -0.05) is 18.2 Å². The molecule has 21 heavy (non-hydrogen) atoms. The van der Waals surface area contributed by atoms with Gasteiger partial charge in [0.1, 0.15) is 0 Å². The van der Waals surface area contributed by atoms with Crippen LogP contribution in [0.25, 0.3) is 0 Å². The first-order valence-corrected chi connectivity index (χ1v) is 7.21. The Morgan fingerprint density at radius 3 is 2.10 bits per heavy atom. The van der Waals surface area contributed by atoms with Crippen molar-refractivity contribution in [1.29, 1.82) is 0 Å². The highest BCUT2D eigenvalue weighted by molar-refractivity contribution is 7.91. The van der Waals surface area contributed by atoms with Crippen molar-refractivity contribution in [3.05, 3.63) is 59.7 Å². The Morgan fingerprint density at radius 1 is 0.952 bits per heavy atom. The topological polar surface area (TPSA) is 51.2 Å². The van der Waals surface area contributed by atoms with Crippen LogP contribution in [-0.2, 0) is 16.0 Å². The number of carbonyl (C=O) groups excluding carboxylic acids is 1. The van der Waals surface area contributed by atoms with Crippen molar-refractivity contribution < 1.29 is 26.4 Å². The van der Waals surface area contributed by atoms with Crippen molar-refractivity contribution in [1.82, 2.24) is 0 Å². The predicted molar refractivity (Wildman–Crippen MR) is 68.7 cm³/mol. The van der Waals surface area contributed by atoms with E-state index in [2.05, 4.69) is 0 Å². The number of carbonyl (C=O) groups is 1. The molecule has 0 fully saturated rings. The minimum atomic E-state index is -4.65. The van der Waals surface area contributed by atoms with Gasteiger partial charge in [0.25, 0.3) is 0 Å². The van der Waals surface area contributed by atoms with E-state index in [1.807, 2.05) is 0 Å². The van der Waals surface area contributed by atoms with Gasteiger partial charge in [-0.05, 0) is 30.3 Å². The molecular formula is C14H9F3O3S. The molecule has 7 heteroatoms. The van der Waals surface area contributed by atoms with Crippen molar-refractivity contribution >= 4 is 16.1 Å². The number of hydrogen-bond donors (Lipinski definition) is 0. The molecule has 2 rings (SSSR count). The molecule has 0 aliphatic carbocycles. The number of alkyl halides is 3. The Labute approximate surface area is 119 Å². The Bertz CT molecular complexity index is 766. The zero-order chi connectivity index (χ0) is 15.7. The number of aldehydes is 1. The van der Waals surface area contributed by atoms with Gasteiger partial charge in [0, 0.05) is 5.56 Å². The molecule has 2 aromatic rings. The smallest absolute Gasteiger partial charge is 0.298 e. The standard InChI is InChI=1S/C14H9F3O3S/c15-14(16,17)11-6-7-13(10(8-11)9-18)21(19,20)12-4-2-1-3-5-12/h1-9H. The first-order chi connectivity index (χ1) is 9.76. The molecule has 0 unspecified atom stereocenters. The molecular weight excluding hydrogens is 305 g/mol. The van der Waals surface area contributed by atoms with Crippen molar-refractivity contribution in [3.63, 3.8) is 0 Å². The second-order valence-electron chi connectivity index (χ2n) is 4.18. The maximum atomic E-state index is 12.6. The fourth-order valence-corrected chi connectivity index (χ4v) is 3.22. The van der Waals surface area contributed by atoms with Gasteiger partial charge < -0.3 is 0 Å². The van der Waals surface area contributed by atoms with Crippen LogP contribution >= 0.6 is 0 Å². The third-order valence-corrected chi connectivity index (χ3v) is 4.65. The zero-order valence-corrected chi connectivity index (χ0v) is 11.3. The van der Waals surface area contributed by atoms with E-state index in [1.54, 1.807) is 6.07 Å². The van der Waals surface area contributed by atoms with E-state index in [0.717, 1.165) is 6.07 Å². The molecule has 0 atom stereocenters. The van der Waals surface area contributed by atoms with Crippen molar-refractivity contribution in [3.8, 4) is 0 Å². The summed E-state index contributed by atoms with van der Waals surface area (Å²) in [5.74, 6) is 0. The number of hydrogen-bond acceptors (Lipinski definition) is 3. The van der Waals surface area contributed by atoms with Crippen molar-refractivity contribution in [2.75, 3.05) is 0 Å². The number of rotatable bonds is 3. The SMILES string of the molecule is O=Cc1cc(C(F)(F)F)ccc1S(=O)(=O)c1ccccc1. The molecule has 110 valence electrons. The monoisotopic (exact) mass is 314 g/mol. The highest BCUT2D eigenvalue weighted by Gasteiger charge is 2.32. The molecule has 2 aromatic carbocycles. The molecule has 0 saturated carbocycles. The lowest BCUT2D eigenvalue weighted by Gasteiger charge is -2.11. The van der Waals surface area contributed by atoms with E-state index in [4.69, 9.17) is 0 Å². The largest absolute Gasteiger partial charge is 0.416 e. The van der Waals surface area contributed by atoms with Crippen molar-refractivity contribution in [2.24, 2.45) is 0 Å². The Kier molecular flexibility index (Phi) is 3.87. The lowest BCUT2D eigenvalue weighted by molar-refractivity contribution is -0.137. The average molecular weight is 314 g/mol. The summed E-state index contributed by atoms with van der Waals surface area (Å²) in [6.45, 7) is 0. The summed E-state index contributed by atoms with van der Waals surface area (Å²) in [6, 6.07) is 9.16. The maximum absolute atomic E-state index is 12.6. The summed E-state index contributed by atoms with van der Waals surface area (Å²) in [5.41, 5.74) is -1.59. The first kappa shape index (κ1) is 15.2. The molecule has 0 spiro atoms. The molecule has 0 aromatic heterocycles. The summed E-state index contributed by atoms with van der Waals surface area (Å²) in [5, 5.41) is 0. The number of sulfone groups is 1. The highest BCUT2D eigenvalue weighted by Crippen LogP contribution is 2.32. The lowest BCUT2D eigenvalue weighted by atomic mass is 10.1. The minimum absolute atomic E-state index is 0.0899. The van der Waals surface area contributed by atoms with Gasteiger partial charge in [-0.3, -0.25) is 4.79 Å². The van der Waals surface area contributed by atoms with Crippen LogP contribution in [0.2, 0.25) is 0 Å². The number of benzene rings is 2. The molecule has 0 radical (unpaired) electrons. The Hall–Kier alpha value is -2.15. The van der Waals surface area contributed by atoms with Crippen LogP contribution in [0, 0.1) is 0 Å². The quantitative estimate of drug-likeness (QED) is 0.816. The zero-order valence-electron chi connectivity index (χ0n) is 10.5. The second kappa shape index (κ2) is 5.33. The summed E-state index contributed by atoms with van der Waals surface area (Å²) >= 11 is 0. The van der Waals surface area contributed by atoms with Gasteiger partial charge >= 0.3 is 6.18 Å². The van der Waals surface area contributed by atoms with Gasteiger partial charge in [0.05, 0.1) is 15.4 Å². The second-order valence-corrected chi connectivity index (χ2v) is 6.10. The number of halogens is 3. The minimum Gasteiger partial charge on any atom is -0.298 e. The molecule has 0 N–H and O–H groups in total. The van der Waals surface area contributed by atoms with Crippen LogP contribution in [0.4, 0.5) is 13.2 Å². The highest BCUT2D eigenvalue weighted by atomic mass is 32.2. The van der Waals surface area contributed by atoms with Gasteiger partial charge in [-0.2, -0.15) is 13.2 Å².